The fourth-order valence-electron chi connectivity index (χ4n) is 2.33. The van der Waals surface area contributed by atoms with Gasteiger partial charge < -0.3 is 10.2 Å². The van der Waals surface area contributed by atoms with E-state index in [1.807, 2.05) is 0 Å². The highest BCUT2D eigenvalue weighted by Crippen LogP contribution is 2.34. The maximum absolute atomic E-state index is 4.60. The van der Waals surface area contributed by atoms with E-state index in [0.717, 1.165) is 18.1 Å². The summed E-state index contributed by atoms with van der Waals surface area (Å²) in [6, 6.07) is 2.88. The van der Waals surface area contributed by atoms with Crippen molar-refractivity contribution < 1.29 is 0 Å². The molecule has 1 saturated heterocycles. The van der Waals surface area contributed by atoms with E-state index < -0.39 is 0 Å². The summed E-state index contributed by atoms with van der Waals surface area (Å²) >= 11 is 0. The minimum absolute atomic E-state index is 0.622. The Morgan fingerprint density at radius 1 is 1.50 bits per heavy atom. The van der Waals surface area contributed by atoms with Gasteiger partial charge in [-0.15, -0.1) is 0 Å². The molecule has 0 saturated carbocycles. The normalized spacial score (nSPS) is 23.3. The smallest absolute Gasteiger partial charge is 0.150 e. The van der Waals surface area contributed by atoms with Gasteiger partial charge in [0.1, 0.15) is 5.82 Å². The summed E-state index contributed by atoms with van der Waals surface area (Å²) < 4.78 is 0. The molecule has 1 aromatic heterocycles. The molecule has 0 spiro atoms. The van der Waals surface area contributed by atoms with E-state index >= 15 is 0 Å². The molecule has 1 fully saturated rings. The molecular weight excluding hydrogens is 174 g/mol. The third kappa shape index (κ3) is 1.01. The molecule has 0 radical (unpaired) electrons. The van der Waals surface area contributed by atoms with Crippen LogP contribution in [0.2, 0.25) is 0 Å². The van der Waals surface area contributed by atoms with Gasteiger partial charge in [0, 0.05) is 24.8 Å². The molecule has 0 aromatic carbocycles. The van der Waals surface area contributed by atoms with Gasteiger partial charge >= 0.3 is 0 Å². The van der Waals surface area contributed by atoms with Gasteiger partial charge in [0.05, 0.1) is 5.69 Å². The number of anilines is 2. The van der Waals surface area contributed by atoms with Gasteiger partial charge in [0.25, 0.3) is 0 Å². The lowest BCUT2D eigenvalue weighted by Gasteiger charge is -2.28. The topological polar surface area (TPSA) is 28.2 Å². The van der Waals surface area contributed by atoms with Crippen molar-refractivity contribution in [1.82, 2.24) is 4.98 Å². The van der Waals surface area contributed by atoms with Crippen LogP contribution in [0, 0.1) is 13.8 Å². The van der Waals surface area contributed by atoms with Gasteiger partial charge in [-0.05, 0) is 31.9 Å². The minimum Gasteiger partial charge on any atom is -0.366 e. The van der Waals surface area contributed by atoms with E-state index in [2.05, 4.69) is 35.1 Å². The molecule has 74 valence electrons. The van der Waals surface area contributed by atoms with Crippen LogP contribution in [0.1, 0.15) is 17.7 Å². The maximum Gasteiger partial charge on any atom is 0.150 e. The summed E-state index contributed by atoms with van der Waals surface area (Å²) in [5.41, 5.74) is 3.72. The first-order valence-electron chi connectivity index (χ1n) is 5.24. The summed E-state index contributed by atoms with van der Waals surface area (Å²) in [5.74, 6) is 1.09. The zero-order valence-corrected chi connectivity index (χ0v) is 8.67. The summed E-state index contributed by atoms with van der Waals surface area (Å²) in [5, 5.41) is 3.50. The van der Waals surface area contributed by atoms with Crippen LogP contribution in [0.4, 0.5) is 11.5 Å². The standard InChI is InChI=1S/C11H15N3/c1-7-5-10-11(12-8(7)2)13-9-3-4-14(10)6-9/h5,9H,3-4,6H2,1-2H3,(H,12,13). The first-order valence-corrected chi connectivity index (χ1v) is 5.24. The Balaban J connectivity index is 2.14. The van der Waals surface area contributed by atoms with Crippen molar-refractivity contribution in [3.63, 3.8) is 0 Å². The monoisotopic (exact) mass is 189 g/mol. The summed E-state index contributed by atoms with van der Waals surface area (Å²) in [7, 11) is 0. The summed E-state index contributed by atoms with van der Waals surface area (Å²) in [6.45, 7) is 6.53. The molecule has 0 amide bonds. The highest BCUT2D eigenvalue weighted by atomic mass is 15.3. The SMILES string of the molecule is Cc1cc2c(nc1C)NC1CCN2C1. The van der Waals surface area contributed by atoms with Gasteiger partial charge in [-0.1, -0.05) is 0 Å². The van der Waals surface area contributed by atoms with Crippen LogP contribution in [0.25, 0.3) is 0 Å². The third-order valence-electron chi connectivity index (χ3n) is 3.32. The van der Waals surface area contributed by atoms with Gasteiger partial charge in [-0.2, -0.15) is 0 Å². The number of nitrogens with zero attached hydrogens (tertiary/aromatic N) is 2. The molecule has 2 aliphatic heterocycles. The molecule has 3 nitrogen and oxygen atoms in total. The molecule has 2 aliphatic rings. The van der Waals surface area contributed by atoms with Crippen LogP contribution in [0.3, 0.4) is 0 Å². The fourth-order valence-corrected chi connectivity index (χ4v) is 2.33. The number of hydrogen-bond acceptors (Lipinski definition) is 3. The summed E-state index contributed by atoms with van der Waals surface area (Å²) in [4.78, 5) is 7.04. The number of pyridine rings is 1. The van der Waals surface area contributed by atoms with Crippen molar-refractivity contribution in [2.75, 3.05) is 23.3 Å². The second kappa shape index (κ2) is 2.62. The number of aromatic nitrogens is 1. The number of rotatable bonds is 0. The number of nitrogens with one attached hydrogen (secondary N) is 1. The molecule has 0 aliphatic carbocycles. The van der Waals surface area contributed by atoms with Crippen LogP contribution in [-0.2, 0) is 0 Å². The van der Waals surface area contributed by atoms with Crippen LogP contribution in [0.5, 0.6) is 0 Å². The Morgan fingerprint density at radius 3 is 3.21 bits per heavy atom. The van der Waals surface area contributed by atoms with Crippen LogP contribution in [-0.4, -0.2) is 24.1 Å². The van der Waals surface area contributed by atoms with Crippen LogP contribution < -0.4 is 10.2 Å². The molecular formula is C11H15N3. The lowest BCUT2D eigenvalue weighted by Crippen LogP contribution is -2.32. The quantitative estimate of drug-likeness (QED) is 0.673. The molecule has 1 atom stereocenters. The van der Waals surface area contributed by atoms with Crippen molar-refractivity contribution in [1.29, 1.82) is 0 Å². The van der Waals surface area contributed by atoms with Crippen molar-refractivity contribution >= 4 is 11.5 Å². The largest absolute Gasteiger partial charge is 0.366 e. The molecule has 3 rings (SSSR count). The highest BCUT2D eigenvalue weighted by molar-refractivity contribution is 5.71. The van der Waals surface area contributed by atoms with E-state index in [-0.39, 0.29) is 0 Å². The van der Waals surface area contributed by atoms with Gasteiger partial charge in [-0.25, -0.2) is 4.98 Å². The first kappa shape index (κ1) is 8.09. The first-order chi connectivity index (χ1) is 6.74. The Bertz CT molecular complexity index is 386. The molecule has 3 heteroatoms. The van der Waals surface area contributed by atoms with Crippen LogP contribution in [0.15, 0.2) is 6.07 Å². The maximum atomic E-state index is 4.60. The minimum atomic E-state index is 0.622. The molecule has 1 N–H and O–H groups in total. The predicted molar refractivity (Wildman–Crippen MR) is 58.0 cm³/mol. The second-order valence-corrected chi connectivity index (χ2v) is 4.33. The molecule has 14 heavy (non-hydrogen) atoms. The van der Waals surface area contributed by atoms with E-state index in [4.69, 9.17) is 0 Å². The zero-order valence-electron chi connectivity index (χ0n) is 8.67. The van der Waals surface area contributed by atoms with E-state index in [1.165, 1.54) is 24.2 Å². The average molecular weight is 189 g/mol. The highest BCUT2D eigenvalue weighted by Gasteiger charge is 2.30. The van der Waals surface area contributed by atoms with Crippen molar-refractivity contribution in [2.24, 2.45) is 0 Å². The third-order valence-corrected chi connectivity index (χ3v) is 3.32. The van der Waals surface area contributed by atoms with E-state index in [1.54, 1.807) is 0 Å². The lowest BCUT2D eigenvalue weighted by atomic mass is 10.1. The van der Waals surface area contributed by atoms with Gasteiger partial charge in [0.2, 0.25) is 0 Å². The van der Waals surface area contributed by atoms with Gasteiger partial charge in [-0.3, -0.25) is 0 Å². The van der Waals surface area contributed by atoms with E-state index in [0.29, 0.717) is 6.04 Å². The Labute approximate surface area is 84.1 Å². The number of aryl methyl sites for hydroxylation is 2. The predicted octanol–water partition coefficient (Wildman–Crippen LogP) is 1.70. The van der Waals surface area contributed by atoms with E-state index in [9.17, 15) is 0 Å². The Kier molecular flexibility index (Phi) is 1.52. The second-order valence-electron chi connectivity index (χ2n) is 4.33. The zero-order chi connectivity index (χ0) is 9.71. The number of hydrogen-bond donors (Lipinski definition) is 1. The number of fused-ring (bicyclic) bond motifs is 4. The Morgan fingerprint density at radius 2 is 2.36 bits per heavy atom. The molecule has 3 heterocycles. The lowest BCUT2D eigenvalue weighted by molar-refractivity contribution is 0.786. The van der Waals surface area contributed by atoms with Gasteiger partial charge in [0.15, 0.2) is 0 Å². The molecule has 1 aromatic rings. The Hall–Kier alpha value is -1.25. The summed E-state index contributed by atoms with van der Waals surface area (Å²) in [6.07, 6.45) is 1.24. The van der Waals surface area contributed by atoms with Crippen molar-refractivity contribution in [2.45, 2.75) is 26.3 Å². The van der Waals surface area contributed by atoms with Crippen LogP contribution >= 0.6 is 0 Å². The fraction of sp³-hybridized carbons (Fsp3) is 0.545. The van der Waals surface area contributed by atoms with Crippen molar-refractivity contribution in [3.05, 3.63) is 17.3 Å². The molecule has 2 bridgehead atoms. The average Bonchev–Trinajstić information content (AvgIpc) is 2.54. The van der Waals surface area contributed by atoms with Crippen molar-refractivity contribution in [3.8, 4) is 0 Å². The molecule has 1 unspecified atom stereocenters.